The van der Waals surface area contributed by atoms with Crippen molar-refractivity contribution in [2.24, 2.45) is 5.92 Å². The van der Waals surface area contributed by atoms with E-state index in [2.05, 4.69) is 17.0 Å². The molecule has 2 N–H and O–H groups in total. The highest BCUT2D eigenvalue weighted by Gasteiger charge is 2.48. The molecule has 2 fully saturated rings. The first-order chi connectivity index (χ1) is 13.5. The van der Waals surface area contributed by atoms with Gasteiger partial charge < -0.3 is 14.9 Å². The van der Waals surface area contributed by atoms with Crippen LogP contribution in [-0.2, 0) is 6.54 Å². The summed E-state index contributed by atoms with van der Waals surface area (Å²) in [6, 6.07) is 13.7. The lowest BCUT2D eigenvalue weighted by Crippen LogP contribution is -2.54. The summed E-state index contributed by atoms with van der Waals surface area (Å²) in [6.45, 7) is 1.64. The van der Waals surface area contributed by atoms with E-state index in [1.807, 2.05) is 24.3 Å². The predicted molar refractivity (Wildman–Crippen MR) is 111 cm³/mol. The molecular weight excluding hydrogens is 374 g/mol. The van der Waals surface area contributed by atoms with Crippen LogP contribution < -0.4 is 4.74 Å². The lowest BCUT2D eigenvalue weighted by atomic mass is 9.66. The van der Waals surface area contributed by atoms with Crippen LogP contribution in [0.2, 0.25) is 5.02 Å². The number of halogens is 1. The summed E-state index contributed by atoms with van der Waals surface area (Å²) in [5, 5.41) is 22.2. The van der Waals surface area contributed by atoms with Crippen LogP contribution in [0, 0.1) is 5.92 Å². The van der Waals surface area contributed by atoms with Gasteiger partial charge in [0.05, 0.1) is 12.7 Å². The maximum Gasteiger partial charge on any atom is 0.160 e. The molecule has 4 rings (SSSR count). The van der Waals surface area contributed by atoms with E-state index in [9.17, 15) is 10.2 Å². The number of fused-ring (bicyclic) bond motifs is 1. The lowest BCUT2D eigenvalue weighted by Gasteiger charge is -2.53. The zero-order chi connectivity index (χ0) is 19.7. The third-order valence-electron chi connectivity index (χ3n) is 6.52. The van der Waals surface area contributed by atoms with E-state index >= 15 is 0 Å². The van der Waals surface area contributed by atoms with Crippen molar-refractivity contribution in [2.75, 3.05) is 13.7 Å². The van der Waals surface area contributed by atoms with E-state index in [1.54, 1.807) is 13.2 Å². The second-order valence-corrected chi connectivity index (χ2v) is 8.62. The van der Waals surface area contributed by atoms with Crippen molar-refractivity contribution in [3.8, 4) is 11.5 Å². The van der Waals surface area contributed by atoms with Gasteiger partial charge in [0.15, 0.2) is 11.5 Å². The van der Waals surface area contributed by atoms with Gasteiger partial charge in [-0.3, -0.25) is 4.90 Å². The number of likely N-dealkylation sites (tertiary alicyclic amines) is 1. The fraction of sp³-hybridized carbons (Fsp3) is 0.478. The monoisotopic (exact) mass is 401 g/mol. The summed E-state index contributed by atoms with van der Waals surface area (Å²) in [4.78, 5) is 2.46. The highest BCUT2D eigenvalue weighted by molar-refractivity contribution is 6.30. The van der Waals surface area contributed by atoms with E-state index in [0.717, 1.165) is 55.8 Å². The second kappa shape index (κ2) is 7.94. The molecule has 1 aliphatic heterocycles. The number of nitrogens with zero attached hydrogens (tertiary/aromatic N) is 1. The third-order valence-corrected chi connectivity index (χ3v) is 6.77. The summed E-state index contributed by atoms with van der Waals surface area (Å²) in [5.74, 6) is 0.802. The number of methoxy groups -OCH3 is 1. The molecule has 1 saturated heterocycles. The van der Waals surface area contributed by atoms with Gasteiger partial charge in [-0.15, -0.1) is 0 Å². The minimum absolute atomic E-state index is 0.0872. The fourth-order valence-electron chi connectivity index (χ4n) is 5.07. The first-order valence-electron chi connectivity index (χ1n) is 10.1. The Morgan fingerprint density at radius 2 is 1.93 bits per heavy atom. The highest BCUT2D eigenvalue weighted by atomic mass is 35.5. The first kappa shape index (κ1) is 19.6. The molecule has 0 unspecified atom stereocenters. The van der Waals surface area contributed by atoms with Crippen molar-refractivity contribution in [1.82, 2.24) is 4.90 Å². The molecular formula is C23H28ClNO3. The van der Waals surface area contributed by atoms with Gasteiger partial charge in [-0.1, -0.05) is 42.6 Å². The topological polar surface area (TPSA) is 52.9 Å². The van der Waals surface area contributed by atoms with Crippen molar-refractivity contribution in [1.29, 1.82) is 0 Å². The number of piperidine rings is 1. The molecule has 0 radical (unpaired) electrons. The number of aliphatic hydroxyl groups is 1. The predicted octanol–water partition coefficient (Wildman–Crippen LogP) is 4.92. The molecule has 0 amide bonds. The van der Waals surface area contributed by atoms with Crippen LogP contribution in [0.1, 0.15) is 49.3 Å². The van der Waals surface area contributed by atoms with E-state index in [4.69, 9.17) is 16.3 Å². The van der Waals surface area contributed by atoms with Crippen LogP contribution in [0.4, 0.5) is 0 Å². The molecule has 2 aliphatic rings. The minimum atomic E-state index is -0.607. The smallest absolute Gasteiger partial charge is 0.160 e. The van der Waals surface area contributed by atoms with Gasteiger partial charge in [0, 0.05) is 30.1 Å². The maximum atomic E-state index is 11.4. The molecule has 1 saturated carbocycles. The molecule has 150 valence electrons. The van der Waals surface area contributed by atoms with Gasteiger partial charge in [-0.25, -0.2) is 0 Å². The van der Waals surface area contributed by atoms with E-state index in [1.165, 1.54) is 5.56 Å². The molecule has 5 heteroatoms. The third kappa shape index (κ3) is 3.73. The summed E-state index contributed by atoms with van der Waals surface area (Å²) in [6.07, 6.45) is 4.93. The first-order valence-corrected chi connectivity index (χ1v) is 10.5. The molecule has 0 spiro atoms. The Labute approximate surface area is 171 Å². The summed E-state index contributed by atoms with van der Waals surface area (Å²) < 4.78 is 5.36. The number of phenolic OH excluding ortho intramolecular Hbond substituents is 1. The Morgan fingerprint density at radius 3 is 2.68 bits per heavy atom. The fourth-order valence-corrected chi connectivity index (χ4v) is 5.19. The zero-order valence-corrected chi connectivity index (χ0v) is 17.0. The Hall–Kier alpha value is -1.75. The Morgan fingerprint density at radius 1 is 1.14 bits per heavy atom. The number of aromatic hydroxyl groups is 1. The van der Waals surface area contributed by atoms with Crippen LogP contribution in [0.25, 0.3) is 0 Å². The van der Waals surface area contributed by atoms with Crippen LogP contribution in [0.5, 0.6) is 11.5 Å². The van der Waals surface area contributed by atoms with Crippen molar-refractivity contribution in [3.05, 3.63) is 58.6 Å². The number of benzene rings is 2. The molecule has 4 nitrogen and oxygen atoms in total. The van der Waals surface area contributed by atoms with Crippen molar-refractivity contribution in [2.45, 2.75) is 50.3 Å². The number of rotatable bonds is 4. The highest BCUT2D eigenvalue weighted by Crippen LogP contribution is 2.50. The van der Waals surface area contributed by atoms with Crippen LogP contribution in [0.3, 0.4) is 0 Å². The van der Waals surface area contributed by atoms with Gasteiger partial charge in [0.1, 0.15) is 0 Å². The number of hydrogen-bond donors (Lipinski definition) is 2. The Balaban J connectivity index is 1.70. The number of hydrogen-bond acceptors (Lipinski definition) is 4. The largest absolute Gasteiger partial charge is 0.504 e. The van der Waals surface area contributed by atoms with Crippen LogP contribution in [0.15, 0.2) is 42.5 Å². The van der Waals surface area contributed by atoms with Crippen LogP contribution >= 0.6 is 11.6 Å². The molecule has 28 heavy (non-hydrogen) atoms. The van der Waals surface area contributed by atoms with E-state index in [-0.39, 0.29) is 17.7 Å². The minimum Gasteiger partial charge on any atom is -0.504 e. The van der Waals surface area contributed by atoms with Crippen molar-refractivity contribution >= 4 is 11.6 Å². The molecule has 0 bridgehead atoms. The molecule has 0 aromatic heterocycles. The molecule has 3 atom stereocenters. The molecule has 2 aromatic carbocycles. The van der Waals surface area contributed by atoms with Gasteiger partial charge >= 0.3 is 0 Å². The molecule has 1 heterocycles. The van der Waals surface area contributed by atoms with Gasteiger partial charge in [0.25, 0.3) is 0 Å². The SMILES string of the molecule is COc1cc([C@H]2[C@H]3CCCC[C@]3(O)CCN2Cc2ccc(Cl)cc2)ccc1O. The number of ether oxygens (including phenoxy) is 1. The van der Waals surface area contributed by atoms with Crippen molar-refractivity contribution in [3.63, 3.8) is 0 Å². The summed E-state index contributed by atoms with van der Waals surface area (Å²) in [7, 11) is 1.57. The van der Waals surface area contributed by atoms with Gasteiger partial charge in [0.2, 0.25) is 0 Å². The van der Waals surface area contributed by atoms with Crippen LogP contribution in [-0.4, -0.2) is 34.4 Å². The van der Waals surface area contributed by atoms with E-state index < -0.39 is 5.60 Å². The van der Waals surface area contributed by atoms with Crippen molar-refractivity contribution < 1.29 is 14.9 Å². The number of phenols is 1. The average molecular weight is 402 g/mol. The average Bonchev–Trinajstić information content (AvgIpc) is 2.70. The summed E-state index contributed by atoms with van der Waals surface area (Å²) in [5.41, 5.74) is 1.69. The Bertz CT molecular complexity index is 825. The van der Waals surface area contributed by atoms with Gasteiger partial charge in [-0.05, 0) is 54.7 Å². The Kier molecular flexibility index (Phi) is 5.55. The molecule has 2 aromatic rings. The summed E-state index contributed by atoms with van der Waals surface area (Å²) >= 11 is 6.05. The standard InChI is InChI=1S/C23H28ClNO3/c1-28-21-14-17(7-10-20(21)26)22-19-4-2-3-11-23(19,27)12-13-25(22)15-16-5-8-18(24)9-6-16/h5-10,14,19,22,26-27H,2-4,11-13,15H2,1H3/t19-,22+,23+/m1/s1. The zero-order valence-electron chi connectivity index (χ0n) is 16.3. The second-order valence-electron chi connectivity index (χ2n) is 8.18. The quantitative estimate of drug-likeness (QED) is 0.763. The van der Waals surface area contributed by atoms with Gasteiger partial charge in [-0.2, -0.15) is 0 Å². The normalized spacial score (nSPS) is 28.0. The van der Waals surface area contributed by atoms with E-state index in [0.29, 0.717) is 5.75 Å². The maximum absolute atomic E-state index is 11.4. The molecule has 1 aliphatic carbocycles. The lowest BCUT2D eigenvalue weighted by molar-refractivity contribution is -0.126.